The molecule has 2 N–H and O–H groups in total. The number of nitrogens with zero attached hydrogens (tertiary/aromatic N) is 2. The van der Waals surface area contributed by atoms with E-state index in [1.807, 2.05) is 0 Å². The highest BCUT2D eigenvalue weighted by molar-refractivity contribution is 5.58. The van der Waals surface area contributed by atoms with Crippen LogP contribution in [0.4, 0.5) is 13.2 Å². The van der Waals surface area contributed by atoms with Gasteiger partial charge in [0.15, 0.2) is 0 Å². The lowest BCUT2D eigenvalue weighted by Gasteiger charge is -2.03. The molecule has 0 atom stereocenters. The van der Waals surface area contributed by atoms with E-state index < -0.39 is 12.0 Å². The molecule has 0 saturated carbocycles. The van der Waals surface area contributed by atoms with Gasteiger partial charge in [-0.05, 0) is 24.6 Å². The molecule has 1 heterocycles. The molecule has 0 aliphatic carbocycles. The molecule has 0 radical (unpaired) electrons. The quantitative estimate of drug-likeness (QED) is 0.915. The predicted molar refractivity (Wildman–Crippen MR) is 57.5 cm³/mol. The van der Waals surface area contributed by atoms with Crippen molar-refractivity contribution in [2.24, 2.45) is 5.73 Å². The Labute approximate surface area is 101 Å². The molecule has 0 unspecified atom stereocenters. The molecule has 0 saturated heterocycles. The molecule has 0 amide bonds. The first-order valence-corrected chi connectivity index (χ1v) is 5.21. The van der Waals surface area contributed by atoms with Gasteiger partial charge in [-0.2, -0.15) is 18.2 Å². The second-order valence-electron chi connectivity index (χ2n) is 3.62. The minimum Gasteiger partial charge on any atom is -0.334 e. The third-order valence-corrected chi connectivity index (χ3v) is 2.34. The lowest BCUT2D eigenvalue weighted by Crippen LogP contribution is -2.07. The van der Waals surface area contributed by atoms with E-state index in [9.17, 15) is 13.2 Å². The fraction of sp³-hybridized carbons (Fsp3) is 0.273. The summed E-state index contributed by atoms with van der Waals surface area (Å²) in [5.74, 6) is -1.42. The molecule has 1 aromatic heterocycles. The molecule has 2 rings (SSSR count). The molecule has 1 aromatic carbocycles. The first kappa shape index (κ1) is 12.6. The Bertz CT molecular complexity index is 536. The number of alkyl halides is 3. The number of hydrogen-bond donors (Lipinski definition) is 1. The van der Waals surface area contributed by atoms with Crippen LogP contribution in [0.1, 0.15) is 11.4 Å². The Kier molecular flexibility index (Phi) is 3.33. The molecule has 0 spiro atoms. The van der Waals surface area contributed by atoms with Crippen LogP contribution in [0.25, 0.3) is 11.5 Å². The smallest absolute Gasteiger partial charge is 0.334 e. The summed E-state index contributed by atoms with van der Waals surface area (Å²) in [6.45, 7) is 0.386. The monoisotopic (exact) mass is 257 g/mol. The summed E-state index contributed by atoms with van der Waals surface area (Å²) in [7, 11) is 0. The van der Waals surface area contributed by atoms with E-state index in [4.69, 9.17) is 5.73 Å². The predicted octanol–water partition coefficient (Wildman–Crippen LogP) is 2.26. The van der Waals surface area contributed by atoms with Crippen LogP contribution in [0.15, 0.2) is 28.8 Å². The fourth-order valence-corrected chi connectivity index (χ4v) is 1.55. The first-order chi connectivity index (χ1) is 8.52. The van der Waals surface area contributed by atoms with E-state index in [-0.39, 0.29) is 5.89 Å². The van der Waals surface area contributed by atoms with Crippen LogP contribution in [0.3, 0.4) is 0 Å². The van der Waals surface area contributed by atoms with Gasteiger partial charge in [0.1, 0.15) is 0 Å². The normalized spacial score (nSPS) is 11.8. The summed E-state index contributed by atoms with van der Waals surface area (Å²) in [5.41, 5.74) is 6.69. The summed E-state index contributed by atoms with van der Waals surface area (Å²) in [4.78, 5) is 3.35. The molecule has 0 aliphatic rings. The molecular weight excluding hydrogens is 247 g/mol. The van der Waals surface area contributed by atoms with Crippen LogP contribution in [0, 0.1) is 0 Å². The number of nitrogens with two attached hydrogens (primary N) is 1. The molecule has 7 heteroatoms. The lowest BCUT2D eigenvalue weighted by atomic mass is 10.0. The van der Waals surface area contributed by atoms with Crippen molar-refractivity contribution >= 4 is 0 Å². The highest BCUT2D eigenvalue weighted by Gasteiger charge is 2.37. The van der Waals surface area contributed by atoms with Gasteiger partial charge in [-0.25, -0.2) is 0 Å². The summed E-state index contributed by atoms with van der Waals surface area (Å²) in [6.07, 6.45) is -4.08. The van der Waals surface area contributed by atoms with Crippen LogP contribution >= 0.6 is 0 Å². The average Bonchev–Trinajstić information content (AvgIpc) is 2.79. The molecule has 0 bridgehead atoms. The minimum absolute atomic E-state index is 0.147. The van der Waals surface area contributed by atoms with Crippen molar-refractivity contribution in [3.05, 3.63) is 35.7 Å². The summed E-state index contributed by atoms with van der Waals surface area (Å²) in [6, 6.07) is 6.85. The Morgan fingerprint density at radius 3 is 2.56 bits per heavy atom. The van der Waals surface area contributed by atoms with Gasteiger partial charge < -0.3 is 10.3 Å². The maximum atomic E-state index is 12.4. The SMILES string of the molecule is NCCc1ccccc1-c1nc(C(F)(F)F)no1. The third-order valence-electron chi connectivity index (χ3n) is 2.34. The minimum atomic E-state index is -4.61. The van der Waals surface area contributed by atoms with Crippen molar-refractivity contribution in [2.45, 2.75) is 12.6 Å². The molecule has 0 fully saturated rings. The van der Waals surface area contributed by atoms with E-state index in [0.29, 0.717) is 18.5 Å². The number of rotatable bonds is 3. The van der Waals surface area contributed by atoms with Crippen molar-refractivity contribution in [1.29, 1.82) is 0 Å². The number of halogens is 3. The Morgan fingerprint density at radius 2 is 1.94 bits per heavy atom. The Hall–Kier alpha value is -1.89. The zero-order valence-corrected chi connectivity index (χ0v) is 9.24. The van der Waals surface area contributed by atoms with Crippen LogP contribution in [0.2, 0.25) is 0 Å². The van der Waals surface area contributed by atoms with E-state index in [1.54, 1.807) is 24.3 Å². The van der Waals surface area contributed by atoms with Gasteiger partial charge in [0.25, 0.3) is 11.7 Å². The molecule has 0 aliphatic heterocycles. The molecule has 18 heavy (non-hydrogen) atoms. The van der Waals surface area contributed by atoms with Crippen LogP contribution in [-0.4, -0.2) is 16.7 Å². The zero-order chi connectivity index (χ0) is 13.2. The third kappa shape index (κ3) is 2.51. The van der Waals surface area contributed by atoms with Crippen molar-refractivity contribution in [2.75, 3.05) is 6.54 Å². The van der Waals surface area contributed by atoms with Crippen LogP contribution in [0.5, 0.6) is 0 Å². The highest BCUT2D eigenvalue weighted by atomic mass is 19.4. The van der Waals surface area contributed by atoms with Crippen LogP contribution in [-0.2, 0) is 12.6 Å². The summed E-state index contributed by atoms with van der Waals surface area (Å²) in [5, 5.41) is 2.92. The number of aromatic nitrogens is 2. The lowest BCUT2D eigenvalue weighted by molar-refractivity contribution is -0.146. The number of benzene rings is 1. The molecule has 4 nitrogen and oxygen atoms in total. The standard InChI is InChI=1S/C11H10F3N3O/c12-11(13,14)10-16-9(18-17-10)8-4-2-1-3-7(8)5-6-15/h1-4H,5-6,15H2. The first-order valence-electron chi connectivity index (χ1n) is 5.21. The van der Waals surface area contributed by atoms with Crippen molar-refractivity contribution in [3.63, 3.8) is 0 Å². The summed E-state index contributed by atoms with van der Waals surface area (Å²) >= 11 is 0. The Balaban J connectivity index is 2.40. The van der Waals surface area contributed by atoms with Gasteiger partial charge in [0, 0.05) is 5.56 Å². The van der Waals surface area contributed by atoms with E-state index in [2.05, 4.69) is 14.7 Å². The van der Waals surface area contributed by atoms with Gasteiger partial charge in [-0.3, -0.25) is 0 Å². The maximum Gasteiger partial charge on any atom is 0.455 e. The topological polar surface area (TPSA) is 64.9 Å². The van der Waals surface area contributed by atoms with Crippen molar-refractivity contribution < 1.29 is 17.7 Å². The zero-order valence-electron chi connectivity index (χ0n) is 9.24. The van der Waals surface area contributed by atoms with Gasteiger partial charge in [-0.15, -0.1) is 0 Å². The molecule has 2 aromatic rings. The van der Waals surface area contributed by atoms with Gasteiger partial charge in [-0.1, -0.05) is 23.4 Å². The van der Waals surface area contributed by atoms with E-state index in [0.717, 1.165) is 5.56 Å². The summed E-state index contributed by atoms with van der Waals surface area (Å²) < 4.78 is 41.7. The maximum absolute atomic E-state index is 12.4. The van der Waals surface area contributed by atoms with Crippen molar-refractivity contribution in [1.82, 2.24) is 10.1 Å². The van der Waals surface area contributed by atoms with Gasteiger partial charge >= 0.3 is 6.18 Å². The molecule has 96 valence electrons. The average molecular weight is 257 g/mol. The second kappa shape index (κ2) is 4.77. The second-order valence-corrected chi connectivity index (χ2v) is 3.62. The van der Waals surface area contributed by atoms with Crippen LogP contribution < -0.4 is 5.73 Å². The fourth-order valence-electron chi connectivity index (χ4n) is 1.55. The largest absolute Gasteiger partial charge is 0.455 e. The van der Waals surface area contributed by atoms with E-state index >= 15 is 0 Å². The highest BCUT2D eigenvalue weighted by Crippen LogP contribution is 2.29. The van der Waals surface area contributed by atoms with Gasteiger partial charge in [0.2, 0.25) is 0 Å². The molecular formula is C11H10F3N3O. The van der Waals surface area contributed by atoms with Gasteiger partial charge in [0.05, 0.1) is 0 Å². The van der Waals surface area contributed by atoms with Crippen molar-refractivity contribution in [3.8, 4) is 11.5 Å². The Morgan fingerprint density at radius 1 is 1.22 bits per heavy atom. The van der Waals surface area contributed by atoms with E-state index in [1.165, 1.54) is 0 Å². The number of hydrogen-bond acceptors (Lipinski definition) is 4.